The van der Waals surface area contributed by atoms with Gasteiger partial charge in [-0.05, 0) is 27.7 Å². The van der Waals surface area contributed by atoms with Gasteiger partial charge in [-0.2, -0.15) is 0 Å². The van der Waals surface area contributed by atoms with Crippen LogP contribution in [-0.2, 0) is 4.74 Å². The summed E-state index contributed by atoms with van der Waals surface area (Å²) < 4.78 is 5.18. The Balaban J connectivity index is 2.60. The minimum atomic E-state index is -0.202. The summed E-state index contributed by atoms with van der Waals surface area (Å²) in [5.41, 5.74) is -0.149. The van der Waals surface area contributed by atoms with Gasteiger partial charge in [0, 0.05) is 19.6 Å². The highest BCUT2D eigenvalue weighted by atomic mass is 16.6. The molecule has 82 valence electrons. The molecule has 4 nitrogen and oxygen atoms in total. The van der Waals surface area contributed by atoms with Crippen LogP contribution in [0.5, 0.6) is 0 Å². The van der Waals surface area contributed by atoms with Gasteiger partial charge in [0.1, 0.15) is 0 Å². The molecular weight excluding hydrogens is 180 g/mol. The molecule has 0 saturated carbocycles. The van der Waals surface area contributed by atoms with Crippen LogP contribution in [0.25, 0.3) is 0 Å². The van der Waals surface area contributed by atoms with Crippen molar-refractivity contribution in [3.8, 4) is 0 Å². The molecule has 0 radical (unpaired) electrons. The van der Waals surface area contributed by atoms with Gasteiger partial charge >= 0.3 is 6.09 Å². The van der Waals surface area contributed by atoms with Gasteiger partial charge in [-0.15, -0.1) is 0 Å². The quantitative estimate of drug-likeness (QED) is 0.692. The monoisotopic (exact) mass is 200 g/mol. The average molecular weight is 200 g/mol. The average Bonchev–Trinajstić information content (AvgIpc) is 2.01. The van der Waals surface area contributed by atoms with E-state index >= 15 is 0 Å². The van der Waals surface area contributed by atoms with Crippen LogP contribution in [0.3, 0.4) is 0 Å². The molecule has 0 spiro atoms. The molecule has 1 fully saturated rings. The fourth-order valence-electron chi connectivity index (χ4n) is 1.59. The molecule has 14 heavy (non-hydrogen) atoms. The Bertz CT molecular complexity index is 214. The molecular formula is C10H20N2O2. The van der Waals surface area contributed by atoms with Gasteiger partial charge in [0.05, 0.1) is 11.6 Å². The zero-order chi connectivity index (χ0) is 10.8. The maximum absolute atomic E-state index is 11.7. The third kappa shape index (κ3) is 2.61. The molecule has 4 heteroatoms. The molecule has 1 aliphatic rings. The first-order chi connectivity index (χ1) is 6.43. The van der Waals surface area contributed by atoms with Crippen molar-refractivity contribution in [2.45, 2.75) is 39.3 Å². The SMILES string of the molecule is CC(C)OC(=O)N1CCNCC1(C)C. The van der Waals surface area contributed by atoms with Crippen LogP contribution in [0.15, 0.2) is 0 Å². The fourth-order valence-corrected chi connectivity index (χ4v) is 1.59. The molecule has 1 amide bonds. The Labute approximate surface area is 85.6 Å². The van der Waals surface area contributed by atoms with Crippen molar-refractivity contribution in [2.24, 2.45) is 0 Å². The second-order valence-electron chi connectivity index (χ2n) is 4.57. The van der Waals surface area contributed by atoms with E-state index in [0.29, 0.717) is 0 Å². The van der Waals surface area contributed by atoms with Gasteiger partial charge < -0.3 is 15.0 Å². The molecule has 1 saturated heterocycles. The Hall–Kier alpha value is -0.770. The van der Waals surface area contributed by atoms with Crippen LogP contribution >= 0.6 is 0 Å². The predicted octanol–water partition coefficient (Wildman–Crippen LogP) is 1.22. The number of nitrogens with zero attached hydrogens (tertiary/aromatic N) is 1. The Kier molecular flexibility index (Phi) is 3.37. The Morgan fingerprint density at radius 3 is 2.64 bits per heavy atom. The van der Waals surface area contributed by atoms with Crippen LogP contribution in [0.1, 0.15) is 27.7 Å². The molecule has 1 aliphatic heterocycles. The smallest absolute Gasteiger partial charge is 0.410 e. The van der Waals surface area contributed by atoms with Crippen molar-refractivity contribution in [1.82, 2.24) is 10.2 Å². The number of ether oxygens (including phenoxy) is 1. The number of carbonyl (C=O) groups is 1. The first kappa shape index (κ1) is 11.3. The van der Waals surface area contributed by atoms with Crippen molar-refractivity contribution in [2.75, 3.05) is 19.6 Å². The number of amides is 1. The van der Waals surface area contributed by atoms with Crippen molar-refractivity contribution in [3.05, 3.63) is 0 Å². The van der Waals surface area contributed by atoms with E-state index in [1.807, 2.05) is 27.7 Å². The maximum Gasteiger partial charge on any atom is 0.410 e. The van der Waals surface area contributed by atoms with Crippen LogP contribution in [-0.4, -0.2) is 42.3 Å². The summed E-state index contributed by atoms with van der Waals surface area (Å²) >= 11 is 0. The third-order valence-corrected chi connectivity index (χ3v) is 2.36. The lowest BCUT2D eigenvalue weighted by atomic mass is 10.0. The number of hydrogen-bond acceptors (Lipinski definition) is 3. The number of carbonyl (C=O) groups excluding carboxylic acids is 1. The van der Waals surface area contributed by atoms with Gasteiger partial charge in [-0.25, -0.2) is 4.79 Å². The lowest BCUT2D eigenvalue weighted by Gasteiger charge is -2.42. The van der Waals surface area contributed by atoms with Crippen molar-refractivity contribution >= 4 is 6.09 Å². The Morgan fingerprint density at radius 1 is 1.50 bits per heavy atom. The highest BCUT2D eigenvalue weighted by Gasteiger charge is 2.34. The topological polar surface area (TPSA) is 41.6 Å². The summed E-state index contributed by atoms with van der Waals surface area (Å²) in [6, 6.07) is 0. The first-order valence-corrected chi connectivity index (χ1v) is 5.12. The number of hydrogen-bond donors (Lipinski definition) is 1. The van der Waals surface area contributed by atoms with E-state index < -0.39 is 0 Å². The molecule has 0 aromatic rings. The van der Waals surface area contributed by atoms with Gasteiger partial charge in [-0.1, -0.05) is 0 Å². The Morgan fingerprint density at radius 2 is 2.14 bits per heavy atom. The van der Waals surface area contributed by atoms with E-state index in [-0.39, 0.29) is 17.7 Å². The van der Waals surface area contributed by atoms with Crippen molar-refractivity contribution in [1.29, 1.82) is 0 Å². The van der Waals surface area contributed by atoms with Gasteiger partial charge in [0.25, 0.3) is 0 Å². The molecule has 1 rings (SSSR count). The largest absolute Gasteiger partial charge is 0.447 e. The van der Waals surface area contributed by atoms with E-state index in [9.17, 15) is 4.79 Å². The van der Waals surface area contributed by atoms with Gasteiger partial charge in [-0.3, -0.25) is 0 Å². The van der Waals surface area contributed by atoms with E-state index in [1.165, 1.54) is 0 Å². The third-order valence-electron chi connectivity index (χ3n) is 2.36. The summed E-state index contributed by atoms with van der Waals surface area (Å²) in [6.45, 7) is 10.2. The molecule has 0 atom stereocenters. The predicted molar refractivity (Wildman–Crippen MR) is 55.3 cm³/mol. The van der Waals surface area contributed by atoms with E-state index in [2.05, 4.69) is 5.32 Å². The van der Waals surface area contributed by atoms with E-state index in [4.69, 9.17) is 4.74 Å². The lowest BCUT2D eigenvalue weighted by Crippen LogP contribution is -2.60. The van der Waals surface area contributed by atoms with Gasteiger partial charge in [0.2, 0.25) is 0 Å². The van der Waals surface area contributed by atoms with Crippen molar-refractivity contribution in [3.63, 3.8) is 0 Å². The van der Waals surface area contributed by atoms with Crippen LogP contribution in [0.2, 0.25) is 0 Å². The highest BCUT2D eigenvalue weighted by Crippen LogP contribution is 2.17. The number of rotatable bonds is 1. The second kappa shape index (κ2) is 4.17. The van der Waals surface area contributed by atoms with Crippen LogP contribution in [0.4, 0.5) is 4.79 Å². The molecule has 0 unspecified atom stereocenters. The summed E-state index contributed by atoms with van der Waals surface area (Å²) in [5.74, 6) is 0. The summed E-state index contributed by atoms with van der Waals surface area (Å²) in [5, 5.41) is 3.26. The fraction of sp³-hybridized carbons (Fsp3) is 0.900. The van der Waals surface area contributed by atoms with Gasteiger partial charge in [0.15, 0.2) is 0 Å². The zero-order valence-electron chi connectivity index (χ0n) is 9.46. The summed E-state index contributed by atoms with van der Waals surface area (Å²) in [7, 11) is 0. The maximum atomic E-state index is 11.7. The molecule has 0 bridgehead atoms. The zero-order valence-corrected chi connectivity index (χ0v) is 9.46. The molecule has 0 aromatic carbocycles. The molecule has 0 aromatic heterocycles. The molecule has 1 heterocycles. The molecule has 0 aliphatic carbocycles. The normalized spacial score (nSPS) is 21.1. The minimum absolute atomic E-state index is 0.0480. The van der Waals surface area contributed by atoms with E-state index in [0.717, 1.165) is 19.6 Å². The van der Waals surface area contributed by atoms with Crippen LogP contribution in [0, 0.1) is 0 Å². The summed E-state index contributed by atoms with van der Waals surface area (Å²) in [6.07, 6.45) is -0.250. The first-order valence-electron chi connectivity index (χ1n) is 5.12. The summed E-state index contributed by atoms with van der Waals surface area (Å²) in [4.78, 5) is 13.5. The highest BCUT2D eigenvalue weighted by molar-refractivity contribution is 5.69. The van der Waals surface area contributed by atoms with Crippen LogP contribution < -0.4 is 5.32 Å². The van der Waals surface area contributed by atoms with Crippen molar-refractivity contribution < 1.29 is 9.53 Å². The standard InChI is InChI=1S/C10H20N2O2/c1-8(2)14-9(13)12-6-5-11-7-10(12,3)4/h8,11H,5-7H2,1-4H3. The number of nitrogens with one attached hydrogen (secondary N) is 1. The number of piperazine rings is 1. The van der Waals surface area contributed by atoms with E-state index in [1.54, 1.807) is 4.90 Å². The second-order valence-corrected chi connectivity index (χ2v) is 4.57. The lowest BCUT2D eigenvalue weighted by molar-refractivity contribution is 0.0336. The molecule has 1 N–H and O–H groups in total. The minimum Gasteiger partial charge on any atom is -0.447 e.